The summed E-state index contributed by atoms with van der Waals surface area (Å²) in [6.07, 6.45) is 0. The van der Waals surface area contributed by atoms with Crippen molar-refractivity contribution in [1.82, 2.24) is 0 Å². The van der Waals surface area contributed by atoms with Crippen molar-refractivity contribution in [3.05, 3.63) is 23.2 Å². The van der Waals surface area contributed by atoms with Gasteiger partial charge in [0, 0.05) is 11.0 Å². The number of thiol groups is 1. The Balaban J connectivity index is 2.82. The van der Waals surface area contributed by atoms with Crippen LogP contribution in [0.4, 0.5) is 8.78 Å². The predicted octanol–water partition coefficient (Wildman–Crippen LogP) is 3.23. The topological polar surface area (TPSA) is 9.23 Å². The van der Waals surface area contributed by atoms with Crippen LogP contribution in [0.15, 0.2) is 23.1 Å². The first-order valence-corrected chi connectivity index (χ1v) is 3.85. The van der Waals surface area contributed by atoms with Gasteiger partial charge in [0.05, 0.1) is 5.02 Å². The molecule has 1 aromatic carbocycles. The Bertz CT molecular complexity index is 280. The second kappa shape index (κ2) is 3.96. The standard InChI is InChI=1S/C7H5ClF2OS/c8-5-3-4(11-7(9)10)1-2-6(5)12/h1-3,7,12H. The van der Waals surface area contributed by atoms with Gasteiger partial charge in [0.25, 0.3) is 0 Å². The lowest BCUT2D eigenvalue weighted by Crippen LogP contribution is -2.01. The van der Waals surface area contributed by atoms with Crippen LogP contribution in [-0.2, 0) is 0 Å². The van der Waals surface area contributed by atoms with Crippen molar-refractivity contribution in [3.63, 3.8) is 0 Å². The maximum Gasteiger partial charge on any atom is 0.387 e. The molecule has 0 spiro atoms. The normalized spacial score (nSPS) is 10.4. The van der Waals surface area contributed by atoms with Crippen molar-refractivity contribution in [1.29, 1.82) is 0 Å². The van der Waals surface area contributed by atoms with E-state index >= 15 is 0 Å². The van der Waals surface area contributed by atoms with E-state index in [1.54, 1.807) is 0 Å². The molecule has 0 aliphatic carbocycles. The van der Waals surface area contributed by atoms with Gasteiger partial charge < -0.3 is 4.74 Å². The van der Waals surface area contributed by atoms with Gasteiger partial charge in [-0.3, -0.25) is 0 Å². The average Bonchev–Trinajstić information content (AvgIpc) is 1.96. The van der Waals surface area contributed by atoms with E-state index in [-0.39, 0.29) is 10.8 Å². The number of hydrogen-bond acceptors (Lipinski definition) is 2. The quantitative estimate of drug-likeness (QED) is 0.738. The van der Waals surface area contributed by atoms with Crippen LogP contribution in [0.3, 0.4) is 0 Å². The van der Waals surface area contributed by atoms with Crippen molar-refractivity contribution in [2.45, 2.75) is 11.5 Å². The first-order valence-electron chi connectivity index (χ1n) is 3.03. The van der Waals surface area contributed by atoms with Gasteiger partial charge in [-0.1, -0.05) is 11.6 Å². The second-order valence-electron chi connectivity index (χ2n) is 1.99. The molecule has 0 aromatic heterocycles. The number of benzene rings is 1. The molecule has 0 radical (unpaired) electrons. The van der Waals surface area contributed by atoms with Crippen LogP contribution in [0.5, 0.6) is 5.75 Å². The van der Waals surface area contributed by atoms with Crippen LogP contribution < -0.4 is 4.74 Å². The van der Waals surface area contributed by atoms with E-state index in [0.717, 1.165) is 0 Å². The molecular weight excluding hydrogens is 206 g/mol. The van der Waals surface area contributed by atoms with Gasteiger partial charge in [-0.05, 0) is 12.1 Å². The highest BCUT2D eigenvalue weighted by Crippen LogP contribution is 2.25. The fraction of sp³-hybridized carbons (Fsp3) is 0.143. The van der Waals surface area contributed by atoms with Gasteiger partial charge in [0.1, 0.15) is 5.75 Å². The smallest absolute Gasteiger partial charge is 0.387 e. The zero-order valence-electron chi connectivity index (χ0n) is 5.80. The Hall–Kier alpha value is -0.480. The molecule has 0 aliphatic heterocycles. The summed E-state index contributed by atoms with van der Waals surface area (Å²) in [6.45, 7) is -2.83. The Morgan fingerprint density at radius 1 is 1.42 bits per heavy atom. The molecule has 5 heteroatoms. The molecule has 0 saturated heterocycles. The predicted molar refractivity (Wildman–Crippen MR) is 45.3 cm³/mol. The maximum atomic E-state index is 11.7. The third kappa shape index (κ3) is 2.53. The molecule has 12 heavy (non-hydrogen) atoms. The van der Waals surface area contributed by atoms with Crippen molar-refractivity contribution in [2.24, 2.45) is 0 Å². The lowest BCUT2D eigenvalue weighted by Gasteiger charge is -2.04. The van der Waals surface area contributed by atoms with E-state index < -0.39 is 6.61 Å². The Morgan fingerprint density at radius 3 is 2.58 bits per heavy atom. The molecular formula is C7H5ClF2OS. The van der Waals surface area contributed by atoms with Gasteiger partial charge >= 0.3 is 6.61 Å². The molecule has 1 rings (SSSR count). The number of halogens is 3. The summed E-state index contributed by atoms with van der Waals surface area (Å²) < 4.78 is 27.4. The number of hydrogen-bond donors (Lipinski definition) is 1. The van der Waals surface area contributed by atoms with Gasteiger partial charge in [0.2, 0.25) is 0 Å². The lowest BCUT2D eigenvalue weighted by molar-refractivity contribution is -0.0498. The highest BCUT2D eigenvalue weighted by molar-refractivity contribution is 7.80. The van der Waals surface area contributed by atoms with Crippen LogP contribution in [0.2, 0.25) is 5.02 Å². The summed E-state index contributed by atoms with van der Waals surface area (Å²) in [5.41, 5.74) is 0. The SMILES string of the molecule is FC(F)Oc1ccc(S)c(Cl)c1. The Labute approximate surface area is 78.7 Å². The van der Waals surface area contributed by atoms with Gasteiger partial charge in [-0.2, -0.15) is 8.78 Å². The minimum atomic E-state index is -2.83. The Morgan fingerprint density at radius 2 is 2.08 bits per heavy atom. The molecule has 0 amide bonds. The fourth-order valence-electron chi connectivity index (χ4n) is 0.664. The number of rotatable bonds is 2. The fourth-order valence-corrected chi connectivity index (χ4v) is 0.973. The second-order valence-corrected chi connectivity index (χ2v) is 2.88. The Kier molecular flexibility index (Phi) is 3.17. The van der Waals surface area contributed by atoms with E-state index in [1.807, 2.05) is 0 Å². The highest BCUT2D eigenvalue weighted by Gasteiger charge is 2.05. The van der Waals surface area contributed by atoms with E-state index in [2.05, 4.69) is 17.4 Å². The zero-order valence-corrected chi connectivity index (χ0v) is 7.45. The van der Waals surface area contributed by atoms with Gasteiger partial charge in [0.15, 0.2) is 0 Å². The third-order valence-corrected chi connectivity index (χ3v) is 1.98. The first-order chi connectivity index (χ1) is 5.59. The molecule has 0 N–H and O–H groups in total. The van der Waals surface area contributed by atoms with Crippen LogP contribution in [0, 0.1) is 0 Å². The summed E-state index contributed by atoms with van der Waals surface area (Å²) in [6, 6.07) is 4.15. The molecule has 0 unspecified atom stereocenters. The summed E-state index contributed by atoms with van der Waals surface area (Å²) in [7, 11) is 0. The molecule has 0 aliphatic rings. The van der Waals surface area contributed by atoms with Gasteiger partial charge in [-0.25, -0.2) is 0 Å². The van der Waals surface area contributed by atoms with Crippen LogP contribution in [0.1, 0.15) is 0 Å². The van der Waals surface area contributed by atoms with E-state index in [4.69, 9.17) is 11.6 Å². The van der Waals surface area contributed by atoms with Crippen LogP contribution in [-0.4, -0.2) is 6.61 Å². The largest absolute Gasteiger partial charge is 0.435 e. The van der Waals surface area contributed by atoms with Gasteiger partial charge in [-0.15, -0.1) is 12.6 Å². The van der Waals surface area contributed by atoms with E-state index in [1.165, 1.54) is 18.2 Å². The first kappa shape index (κ1) is 9.61. The highest BCUT2D eigenvalue weighted by atomic mass is 35.5. The van der Waals surface area contributed by atoms with Crippen LogP contribution in [0.25, 0.3) is 0 Å². The number of ether oxygens (including phenoxy) is 1. The van der Waals surface area contributed by atoms with E-state index in [9.17, 15) is 8.78 Å². The van der Waals surface area contributed by atoms with Crippen LogP contribution >= 0.6 is 24.2 Å². The molecule has 66 valence electrons. The molecule has 0 saturated carbocycles. The van der Waals surface area contributed by atoms with Crippen molar-refractivity contribution in [2.75, 3.05) is 0 Å². The molecule has 1 aromatic rings. The maximum absolute atomic E-state index is 11.7. The van der Waals surface area contributed by atoms with Crippen molar-refractivity contribution < 1.29 is 13.5 Å². The molecule has 0 fully saturated rings. The minimum absolute atomic E-state index is 0.0350. The lowest BCUT2D eigenvalue weighted by atomic mass is 10.3. The van der Waals surface area contributed by atoms with Crippen molar-refractivity contribution in [3.8, 4) is 5.75 Å². The monoisotopic (exact) mass is 210 g/mol. The number of alkyl halides is 2. The third-order valence-electron chi connectivity index (χ3n) is 1.14. The summed E-state index contributed by atoms with van der Waals surface area (Å²) in [5.74, 6) is 0.0350. The summed E-state index contributed by atoms with van der Waals surface area (Å²) >= 11 is 9.56. The molecule has 0 atom stereocenters. The van der Waals surface area contributed by atoms with Crippen molar-refractivity contribution >= 4 is 24.2 Å². The average molecular weight is 211 g/mol. The summed E-state index contributed by atoms with van der Waals surface area (Å²) in [5, 5.41) is 0.288. The van der Waals surface area contributed by atoms with E-state index in [0.29, 0.717) is 4.90 Å². The molecule has 1 nitrogen and oxygen atoms in total. The molecule has 0 bridgehead atoms. The molecule has 0 heterocycles. The minimum Gasteiger partial charge on any atom is -0.435 e. The zero-order chi connectivity index (χ0) is 9.14. The summed E-state index contributed by atoms with van der Waals surface area (Å²) in [4.78, 5) is 0.526.